The molecule has 1 unspecified atom stereocenters. The van der Waals surface area contributed by atoms with Crippen LogP contribution in [0.5, 0.6) is 0 Å². The number of hydrogen-bond acceptors (Lipinski definition) is 6. The fraction of sp³-hybridized carbons (Fsp3) is 0.158. The molecule has 0 bridgehead atoms. The van der Waals surface area contributed by atoms with Crippen molar-refractivity contribution in [3.63, 3.8) is 0 Å². The number of primary amides is 1. The SMILES string of the molecule is COC(=O)c1ccccc1C(=O)OC(C)C(=O)Nc1ccc(C(N)=O)cc1. The van der Waals surface area contributed by atoms with Crippen LogP contribution in [0.25, 0.3) is 0 Å². The topological polar surface area (TPSA) is 125 Å². The van der Waals surface area contributed by atoms with Crippen LogP contribution in [0, 0.1) is 0 Å². The van der Waals surface area contributed by atoms with E-state index in [2.05, 4.69) is 10.1 Å². The summed E-state index contributed by atoms with van der Waals surface area (Å²) in [5.41, 5.74) is 5.89. The van der Waals surface area contributed by atoms with Gasteiger partial charge in [-0.15, -0.1) is 0 Å². The van der Waals surface area contributed by atoms with Crippen molar-refractivity contribution in [3.8, 4) is 0 Å². The van der Waals surface area contributed by atoms with Gasteiger partial charge in [-0.2, -0.15) is 0 Å². The monoisotopic (exact) mass is 370 g/mol. The van der Waals surface area contributed by atoms with E-state index in [1.54, 1.807) is 12.1 Å². The summed E-state index contributed by atoms with van der Waals surface area (Å²) in [6.45, 7) is 1.39. The molecule has 8 nitrogen and oxygen atoms in total. The van der Waals surface area contributed by atoms with Crippen molar-refractivity contribution in [3.05, 3.63) is 65.2 Å². The molecule has 140 valence electrons. The second-order valence-electron chi connectivity index (χ2n) is 5.52. The summed E-state index contributed by atoms with van der Waals surface area (Å²) in [5.74, 6) is -2.68. The Labute approximate surface area is 155 Å². The highest BCUT2D eigenvalue weighted by atomic mass is 16.5. The number of anilines is 1. The number of benzene rings is 2. The summed E-state index contributed by atoms with van der Waals surface area (Å²) in [5, 5.41) is 2.55. The van der Waals surface area contributed by atoms with Gasteiger partial charge in [0.1, 0.15) is 0 Å². The lowest BCUT2D eigenvalue weighted by Crippen LogP contribution is -2.30. The number of hydrogen-bond donors (Lipinski definition) is 2. The van der Waals surface area contributed by atoms with E-state index >= 15 is 0 Å². The molecule has 2 aromatic rings. The lowest BCUT2D eigenvalue weighted by molar-refractivity contribution is -0.123. The van der Waals surface area contributed by atoms with Crippen LogP contribution in [-0.2, 0) is 14.3 Å². The number of ether oxygens (including phenoxy) is 2. The Hall–Kier alpha value is -3.68. The van der Waals surface area contributed by atoms with Gasteiger partial charge in [0.25, 0.3) is 5.91 Å². The van der Waals surface area contributed by atoms with Crippen molar-refractivity contribution in [1.82, 2.24) is 0 Å². The van der Waals surface area contributed by atoms with Gasteiger partial charge < -0.3 is 20.5 Å². The molecular weight excluding hydrogens is 352 g/mol. The average Bonchev–Trinajstić information content (AvgIpc) is 2.67. The third-order valence-electron chi connectivity index (χ3n) is 3.64. The predicted molar refractivity (Wildman–Crippen MR) is 96.2 cm³/mol. The largest absolute Gasteiger partial charge is 0.465 e. The normalized spacial score (nSPS) is 11.2. The highest BCUT2D eigenvalue weighted by molar-refractivity contribution is 6.04. The molecule has 1 atom stereocenters. The Bertz CT molecular complexity index is 876. The number of esters is 2. The molecule has 0 saturated heterocycles. The van der Waals surface area contributed by atoms with Gasteiger partial charge in [0.05, 0.1) is 18.2 Å². The van der Waals surface area contributed by atoms with E-state index in [0.29, 0.717) is 11.3 Å². The molecule has 27 heavy (non-hydrogen) atoms. The smallest absolute Gasteiger partial charge is 0.339 e. The van der Waals surface area contributed by atoms with Gasteiger partial charge in [-0.05, 0) is 43.3 Å². The average molecular weight is 370 g/mol. The number of carbonyl (C=O) groups excluding carboxylic acids is 4. The second kappa shape index (κ2) is 8.61. The Morgan fingerprint density at radius 2 is 1.48 bits per heavy atom. The van der Waals surface area contributed by atoms with Crippen LogP contribution >= 0.6 is 0 Å². The van der Waals surface area contributed by atoms with Gasteiger partial charge in [0, 0.05) is 11.3 Å². The Kier molecular flexibility index (Phi) is 6.27. The predicted octanol–water partition coefficient (Wildman–Crippen LogP) is 1.76. The van der Waals surface area contributed by atoms with E-state index in [0.717, 1.165) is 0 Å². The van der Waals surface area contributed by atoms with Crippen LogP contribution in [0.3, 0.4) is 0 Å². The van der Waals surface area contributed by atoms with Gasteiger partial charge >= 0.3 is 11.9 Å². The van der Waals surface area contributed by atoms with Crippen LogP contribution in [0.1, 0.15) is 38.0 Å². The molecular formula is C19H18N2O6. The van der Waals surface area contributed by atoms with Crippen molar-refractivity contribution in [2.45, 2.75) is 13.0 Å². The minimum Gasteiger partial charge on any atom is -0.465 e. The molecule has 0 fully saturated rings. The van der Waals surface area contributed by atoms with E-state index in [9.17, 15) is 19.2 Å². The minimum absolute atomic E-state index is 0.00480. The molecule has 2 rings (SSSR count). The summed E-state index contributed by atoms with van der Waals surface area (Å²) < 4.78 is 9.76. The molecule has 0 aromatic heterocycles. The number of amides is 2. The fourth-order valence-electron chi connectivity index (χ4n) is 2.19. The molecule has 0 saturated carbocycles. The molecule has 0 aliphatic heterocycles. The maximum absolute atomic E-state index is 12.3. The Balaban J connectivity index is 2.05. The third-order valence-corrected chi connectivity index (χ3v) is 3.64. The van der Waals surface area contributed by atoms with Crippen molar-refractivity contribution >= 4 is 29.4 Å². The summed E-state index contributed by atoms with van der Waals surface area (Å²) in [6.07, 6.45) is -1.13. The van der Waals surface area contributed by atoms with Gasteiger partial charge in [0.2, 0.25) is 5.91 Å². The Morgan fingerprint density at radius 3 is 2.00 bits per heavy atom. The van der Waals surface area contributed by atoms with Gasteiger partial charge in [-0.1, -0.05) is 12.1 Å². The van der Waals surface area contributed by atoms with Crippen LogP contribution in [0.4, 0.5) is 5.69 Å². The number of nitrogens with two attached hydrogens (primary N) is 1. The van der Waals surface area contributed by atoms with Crippen LogP contribution < -0.4 is 11.1 Å². The number of nitrogens with one attached hydrogen (secondary N) is 1. The van der Waals surface area contributed by atoms with Crippen molar-refractivity contribution in [2.24, 2.45) is 5.73 Å². The molecule has 0 heterocycles. The summed E-state index contributed by atoms with van der Waals surface area (Å²) in [6, 6.07) is 11.9. The van der Waals surface area contributed by atoms with Crippen LogP contribution in [0.2, 0.25) is 0 Å². The van der Waals surface area contributed by atoms with Crippen molar-refractivity contribution < 1.29 is 28.7 Å². The quantitative estimate of drug-likeness (QED) is 0.747. The molecule has 2 aromatic carbocycles. The highest BCUT2D eigenvalue weighted by Gasteiger charge is 2.23. The maximum Gasteiger partial charge on any atom is 0.339 e. The molecule has 0 radical (unpaired) electrons. The van der Waals surface area contributed by atoms with Crippen molar-refractivity contribution in [1.29, 1.82) is 0 Å². The second-order valence-corrected chi connectivity index (χ2v) is 5.52. The van der Waals surface area contributed by atoms with Crippen LogP contribution in [-0.4, -0.2) is 37.0 Å². The molecule has 2 amide bonds. The van der Waals surface area contributed by atoms with E-state index in [1.165, 1.54) is 50.4 Å². The number of carbonyl (C=O) groups is 4. The van der Waals surface area contributed by atoms with Crippen LogP contribution in [0.15, 0.2) is 48.5 Å². The molecule has 0 aliphatic rings. The molecule has 0 aliphatic carbocycles. The fourth-order valence-corrected chi connectivity index (χ4v) is 2.19. The first-order valence-electron chi connectivity index (χ1n) is 7.92. The number of methoxy groups -OCH3 is 1. The lowest BCUT2D eigenvalue weighted by atomic mass is 10.1. The summed E-state index contributed by atoms with van der Waals surface area (Å²) in [7, 11) is 1.20. The molecule has 0 spiro atoms. The zero-order valence-corrected chi connectivity index (χ0v) is 14.7. The van der Waals surface area contributed by atoms with E-state index in [4.69, 9.17) is 10.5 Å². The van der Waals surface area contributed by atoms with Gasteiger partial charge in [-0.25, -0.2) is 9.59 Å². The minimum atomic E-state index is -1.13. The first-order valence-corrected chi connectivity index (χ1v) is 7.92. The third kappa shape index (κ3) is 4.91. The molecule has 3 N–H and O–H groups in total. The van der Waals surface area contributed by atoms with E-state index in [1.807, 2.05) is 0 Å². The zero-order chi connectivity index (χ0) is 20.0. The van der Waals surface area contributed by atoms with E-state index in [-0.39, 0.29) is 11.1 Å². The van der Waals surface area contributed by atoms with Gasteiger partial charge in [-0.3, -0.25) is 9.59 Å². The first kappa shape index (κ1) is 19.6. The lowest BCUT2D eigenvalue weighted by Gasteiger charge is -2.14. The van der Waals surface area contributed by atoms with Crippen molar-refractivity contribution in [2.75, 3.05) is 12.4 Å². The number of rotatable bonds is 6. The van der Waals surface area contributed by atoms with Gasteiger partial charge in [0.15, 0.2) is 6.10 Å². The summed E-state index contributed by atoms with van der Waals surface area (Å²) in [4.78, 5) is 47.3. The Morgan fingerprint density at radius 1 is 0.926 bits per heavy atom. The summed E-state index contributed by atoms with van der Waals surface area (Å²) >= 11 is 0. The first-order chi connectivity index (χ1) is 12.8. The maximum atomic E-state index is 12.3. The van der Waals surface area contributed by atoms with E-state index < -0.39 is 29.9 Å². The standard InChI is InChI=1S/C19H18N2O6/c1-11(17(23)21-13-9-7-12(8-10-13)16(20)22)27-19(25)15-6-4-3-5-14(15)18(24)26-2/h3-11H,1-2H3,(H2,20,22)(H,21,23). The zero-order valence-electron chi connectivity index (χ0n) is 14.7. The molecule has 8 heteroatoms. The highest BCUT2D eigenvalue weighted by Crippen LogP contribution is 2.14.